The van der Waals surface area contributed by atoms with E-state index in [1.54, 1.807) is 0 Å². The number of carbonyl (C=O) groups is 1. The van der Waals surface area contributed by atoms with Crippen LogP contribution in [0.5, 0.6) is 0 Å². The summed E-state index contributed by atoms with van der Waals surface area (Å²) in [6.45, 7) is 1.54. The van der Waals surface area contributed by atoms with E-state index in [1.165, 1.54) is 11.6 Å². The molecular weight excluding hydrogens is 335 g/mol. The summed E-state index contributed by atoms with van der Waals surface area (Å²) in [4.78, 5) is 10.9. The molecule has 2 aromatic rings. The minimum atomic E-state index is -0.968. The van der Waals surface area contributed by atoms with Crippen molar-refractivity contribution in [2.75, 3.05) is 0 Å². The van der Waals surface area contributed by atoms with Gasteiger partial charge in [0, 0.05) is 9.13 Å². The number of carboxylic acid groups (broad SMARTS) is 1. The van der Waals surface area contributed by atoms with Gasteiger partial charge in [0.15, 0.2) is 11.9 Å². The fourth-order valence-corrected chi connectivity index (χ4v) is 2.01. The lowest BCUT2D eigenvalue weighted by atomic mass is 10.2. The van der Waals surface area contributed by atoms with Crippen molar-refractivity contribution in [3.05, 3.63) is 27.8 Å². The van der Waals surface area contributed by atoms with Crippen molar-refractivity contribution in [1.82, 2.24) is 20.2 Å². The Kier molecular flexibility index (Phi) is 3.36. The lowest BCUT2D eigenvalue weighted by Crippen LogP contribution is -2.18. The monoisotopic (exact) mass is 344 g/mol. The van der Waals surface area contributed by atoms with Crippen LogP contribution in [0, 0.1) is 3.57 Å². The Morgan fingerprint density at radius 1 is 1.47 bits per heavy atom. The molecule has 0 radical (unpaired) electrons. The maximum absolute atomic E-state index is 10.9. The summed E-state index contributed by atoms with van der Waals surface area (Å²) in [5, 5.41) is 20.1. The molecule has 0 amide bonds. The molecule has 7 heteroatoms. The zero-order valence-electron chi connectivity index (χ0n) is 8.91. The lowest BCUT2D eigenvalue weighted by Gasteiger charge is -2.09. The topological polar surface area (TPSA) is 80.9 Å². The van der Waals surface area contributed by atoms with Crippen molar-refractivity contribution in [1.29, 1.82) is 0 Å². The van der Waals surface area contributed by atoms with E-state index in [-0.39, 0.29) is 0 Å². The van der Waals surface area contributed by atoms with E-state index in [0.29, 0.717) is 5.82 Å². The Morgan fingerprint density at radius 2 is 2.18 bits per heavy atom. The van der Waals surface area contributed by atoms with Crippen LogP contribution in [-0.4, -0.2) is 31.3 Å². The molecule has 0 bridgehead atoms. The van der Waals surface area contributed by atoms with Crippen LogP contribution in [0.4, 0.5) is 0 Å². The van der Waals surface area contributed by atoms with Crippen molar-refractivity contribution < 1.29 is 9.90 Å². The van der Waals surface area contributed by atoms with Gasteiger partial charge in [-0.2, -0.15) is 0 Å². The Bertz CT molecular complexity index is 555. The van der Waals surface area contributed by atoms with E-state index >= 15 is 0 Å². The second kappa shape index (κ2) is 4.78. The summed E-state index contributed by atoms with van der Waals surface area (Å²) in [7, 11) is 0. The zero-order chi connectivity index (χ0) is 12.4. The second-order valence-corrected chi connectivity index (χ2v) is 4.60. The molecule has 0 fully saturated rings. The highest BCUT2D eigenvalue weighted by atomic mass is 127. The first-order chi connectivity index (χ1) is 8.11. The molecule has 17 heavy (non-hydrogen) atoms. The molecule has 0 aliphatic carbocycles. The van der Waals surface area contributed by atoms with E-state index in [2.05, 4.69) is 38.1 Å². The smallest absolute Gasteiger partial charge is 0.328 e. The number of halogens is 1. The average molecular weight is 344 g/mol. The van der Waals surface area contributed by atoms with Crippen LogP contribution < -0.4 is 0 Å². The number of aliphatic carboxylic acids is 1. The summed E-state index contributed by atoms with van der Waals surface area (Å²) in [6.07, 6.45) is 0. The number of benzene rings is 1. The maximum atomic E-state index is 10.9. The minimum absolute atomic E-state index is 0.463. The number of carboxylic acids is 1. The fourth-order valence-electron chi connectivity index (χ4n) is 1.38. The van der Waals surface area contributed by atoms with E-state index in [1.807, 2.05) is 24.3 Å². The molecule has 1 aromatic carbocycles. The third kappa shape index (κ3) is 2.28. The van der Waals surface area contributed by atoms with Gasteiger partial charge in [0.05, 0.1) is 0 Å². The molecule has 0 saturated heterocycles. The second-order valence-electron chi connectivity index (χ2n) is 3.44. The van der Waals surface area contributed by atoms with Gasteiger partial charge in [-0.05, 0) is 46.0 Å². The number of nitrogens with zero attached hydrogens (tertiary/aromatic N) is 4. The van der Waals surface area contributed by atoms with Gasteiger partial charge >= 0.3 is 5.97 Å². The molecule has 6 nitrogen and oxygen atoms in total. The van der Waals surface area contributed by atoms with Crippen molar-refractivity contribution >= 4 is 28.6 Å². The molecule has 88 valence electrons. The predicted octanol–water partition coefficient (Wildman–Crippen LogP) is 1.59. The summed E-state index contributed by atoms with van der Waals surface area (Å²) < 4.78 is 2.28. The summed E-state index contributed by atoms with van der Waals surface area (Å²) in [5.41, 5.74) is 0.825. The minimum Gasteiger partial charge on any atom is -0.480 e. The number of hydrogen-bond donors (Lipinski definition) is 1. The van der Waals surface area contributed by atoms with Gasteiger partial charge in [-0.15, -0.1) is 5.10 Å². The summed E-state index contributed by atoms with van der Waals surface area (Å²) >= 11 is 2.16. The molecule has 0 saturated carbocycles. The molecule has 2 rings (SSSR count). The zero-order valence-corrected chi connectivity index (χ0v) is 11.1. The molecule has 0 aliphatic heterocycles. The lowest BCUT2D eigenvalue weighted by molar-refractivity contribution is -0.140. The first kappa shape index (κ1) is 12.0. The molecule has 0 spiro atoms. The average Bonchev–Trinajstić information content (AvgIpc) is 2.77. The van der Waals surface area contributed by atoms with Crippen LogP contribution >= 0.6 is 22.6 Å². The van der Waals surface area contributed by atoms with Crippen LogP contribution in [0.3, 0.4) is 0 Å². The van der Waals surface area contributed by atoms with E-state index in [9.17, 15) is 4.79 Å². The summed E-state index contributed by atoms with van der Waals surface area (Å²) in [6, 6.07) is 6.75. The predicted molar refractivity (Wildman–Crippen MR) is 68.3 cm³/mol. The normalized spacial score (nSPS) is 12.4. The first-order valence-corrected chi connectivity index (χ1v) is 5.94. The summed E-state index contributed by atoms with van der Waals surface area (Å²) in [5.74, 6) is -0.505. The molecule has 1 atom stereocenters. The van der Waals surface area contributed by atoms with Crippen LogP contribution in [0.25, 0.3) is 11.4 Å². The Labute approximate surface area is 111 Å². The van der Waals surface area contributed by atoms with Crippen LogP contribution in [0.2, 0.25) is 0 Å². The highest BCUT2D eigenvalue weighted by Gasteiger charge is 2.21. The molecule has 0 aliphatic rings. The van der Waals surface area contributed by atoms with Crippen LogP contribution in [0.1, 0.15) is 13.0 Å². The molecule has 1 aromatic heterocycles. The van der Waals surface area contributed by atoms with Gasteiger partial charge in [0.1, 0.15) is 0 Å². The van der Waals surface area contributed by atoms with Crippen molar-refractivity contribution in [3.63, 3.8) is 0 Å². The van der Waals surface area contributed by atoms with Gasteiger partial charge in [-0.1, -0.05) is 18.2 Å². The number of aromatic nitrogens is 4. The number of rotatable bonds is 3. The van der Waals surface area contributed by atoms with Gasteiger partial charge < -0.3 is 5.11 Å². The third-order valence-corrected chi connectivity index (χ3v) is 3.27. The van der Waals surface area contributed by atoms with Crippen molar-refractivity contribution in [3.8, 4) is 11.4 Å². The quantitative estimate of drug-likeness (QED) is 0.856. The third-order valence-electron chi connectivity index (χ3n) is 2.33. The van der Waals surface area contributed by atoms with Crippen LogP contribution in [0.15, 0.2) is 24.3 Å². The standard InChI is InChI=1S/C10H9IN4O2/c1-6(10(16)17)15-9(12-13-14-15)7-4-2-3-5-8(7)11/h2-6H,1H3,(H,16,17). The number of hydrogen-bond acceptors (Lipinski definition) is 4. The van der Waals surface area contributed by atoms with Crippen LogP contribution in [-0.2, 0) is 4.79 Å². The Hall–Kier alpha value is -1.51. The van der Waals surface area contributed by atoms with Gasteiger partial charge in [-0.25, -0.2) is 9.48 Å². The molecule has 1 unspecified atom stereocenters. The number of tetrazole rings is 1. The largest absolute Gasteiger partial charge is 0.480 e. The Morgan fingerprint density at radius 3 is 2.82 bits per heavy atom. The van der Waals surface area contributed by atoms with Gasteiger partial charge in [-0.3, -0.25) is 0 Å². The van der Waals surface area contributed by atoms with E-state index < -0.39 is 12.0 Å². The van der Waals surface area contributed by atoms with E-state index in [0.717, 1.165) is 9.13 Å². The van der Waals surface area contributed by atoms with Crippen molar-refractivity contribution in [2.45, 2.75) is 13.0 Å². The van der Waals surface area contributed by atoms with Crippen molar-refractivity contribution in [2.24, 2.45) is 0 Å². The molecule has 1 N–H and O–H groups in total. The Balaban J connectivity index is 2.51. The van der Waals surface area contributed by atoms with Gasteiger partial charge in [0.25, 0.3) is 0 Å². The first-order valence-electron chi connectivity index (χ1n) is 4.87. The fraction of sp³-hybridized carbons (Fsp3) is 0.200. The SMILES string of the molecule is CC(C(=O)O)n1nnnc1-c1ccccc1I. The molecule has 1 heterocycles. The highest BCUT2D eigenvalue weighted by molar-refractivity contribution is 14.1. The van der Waals surface area contributed by atoms with Gasteiger partial charge in [0.2, 0.25) is 0 Å². The highest BCUT2D eigenvalue weighted by Crippen LogP contribution is 2.24. The molecular formula is C10H9IN4O2. The van der Waals surface area contributed by atoms with E-state index in [4.69, 9.17) is 5.11 Å². The maximum Gasteiger partial charge on any atom is 0.328 e.